The number of carbonyl (C=O) groups is 4. The van der Waals surface area contributed by atoms with Crippen LogP contribution in [0.15, 0.2) is 60.7 Å². The maximum absolute atomic E-state index is 14.2. The van der Waals surface area contributed by atoms with Crippen molar-refractivity contribution in [2.75, 3.05) is 6.61 Å². The Bertz CT molecular complexity index is 1640. The molecule has 262 valence electrons. The molecule has 0 amide bonds. The van der Waals surface area contributed by atoms with Crippen molar-refractivity contribution in [1.82, 2.24) is 0 Å². The predicted molar refractivity (Wildman–Crippen MR) is 175 cm³/mol. The highest BCUT2D eigenvalue weighted by Gasteiger charge is 2.86. The minimum absolute atomic E-state index is 0.000782. The average Bonchev–Trinajstić information content (AvgIpc) is 3.33. The van der Waals surface area contributed by atoms with E-state index < -0.39 is 82.7 Å². The molecule has 4 aliphatic carbocycles. The van der Waals surface area contributed by atoms with Gasteiger partial charge in [-0.05, 0) is 67.2 Å². The zero-order valence-electron chi connectivity index (χ0n) is 28.9. The first-order chi connectivity index (χ1) is 23.2. The molecule has 12 atom stereocenters. The first-order valence-electron chi connectivity index (χ1n) is 17.4. The van der Waals surface area contributed by atoms with Crippen LogP contribution in [0.2, 0.25) is 0 Å². The minimum Gasteiger partial charge on any atom is -0.462 e. The number of hydrogen-bond donors (Lipinski definition) is 1. The van der Waals surface area contributed by atoms with Gasteiger partial charge in [-0.1, -0.05) is 64.1 Å². The van der Waals surface area contributed by atoms with Gasteiger partial charge in [-0.3, -0.25) is 9.59 Å². The number of carbonyl (C=O) groups excluding carboxylic acids is 4. The molecule has 2 aromatic carbocycles. The van der Waals surface area contributed by atoms with Crippen LogP contribution in [-0.4, -0.2) is 71.2 Å². The summed E-state index contributed by atoms with van der Waals surface area (Å²) in [6.45, 7) is 11.1. The van der Waals surface area contributed by atoms with E-state index in [4.69, 9.17) is 23.7 Å². The van der Waals surface area contributed by atoms with Crippen molar-refractivity contribution >= 4 is 23.9 Å². The number of aliphatic hydroxyl groups is 1. The number of ether oxygens (including phenoxy) is 5. The molecule has 2 bridgehead atoms. The van der Waals surface area contributed by atoms with E-state index in [9.17, 15) is 24.3 Å². The van der Waals surface area contributed by atoms with Crippen molar-refractivity contribution in [2.24, 2.45) is 40.4 Å². The molecular formula is C39H46O10. The SMILES string of the molecule is CCC(=O)OC1C(C)CC2(O)C1C(OC(=O)c1ccccc1)C13COC(C)(C2OC(=O)c2ccccc2)C1C1C(CC3OC(C)=O)C1(C)C. The molecule has 12 unspecified atom stereocenters. The summed E-state index contributed by atoms with van der Waals surface area (Å²) >= 11 is 0. The van der Waals surface area contributed by atoms with Crippen LogP contribution < -0.4 is 0 Å². The first-order valence-corrected chi connectivity index (χ1v) is 17.4. The van der Waals surface area contributed by atoms with Crippen LogP contribution >= 0.6 is 0 Å². The zero-order valence-corrected chi connectivity index (χ0v) is 28.9. The highest BCUT2D eigenvalue weighted by molar-refractivity contribution is 5.90. The summed E-state index contributed by atoms with van der Waals surface area (Å²) in [6.07, 6.45) is -3.42. The molecule has 0 spiro atoms. The van der Waals surface area contributed by atoms with Crippen LogP contribution in [0.25, 0.3) is 0 Å². The van der Waals surface area contributed by atoms with E-state index in [1.165, 1.54) is 6.92 Å². The Labute approximate surface area is 286 Å². The summed E-state index contributed by atoms with van der Waals surface area (Å²) in [5.74, 6) is -4.05. The fraction of sp³-hybridized carbons (Fsp3) is 0.590. The van der Waals surface area contributed by atoms with Gasteiger partial charge in [-0.15, -0.1) is 0 Å². The highest BCUT2D eigenvalue weighted by atomic mass is 16.6. The fourth-order valence-electron chi connectivity index (χ4n) is 10.7. The molecule has 5 aliphatic rings. The van der Waals surface area contributed by atoms with E-state index in [0.29, 0.717) is 17.5 Å². The Morgan fingerprint density at radius 2 is 1.45 bits per heavy atom. The second kappa shape index (κ2) is 11.7. The smallest absolute Gasteiger partial charge is 0.338 e. The molecule has 1 N–H and O–H groups in total. The Morgan fingerprint density at radius 1 is 0.857 bits per heavy atom. The lowest BCUT2D eigenvalue weighted by Gasteiger charge is -2.50. The summed E-state index contributed by atoms with van der Waals surface area (Å²) in [4.78, 5) is 54.0. The Hall–Kier alpha value is -3.76. The zero-order chi connectivity index (χ0) is 35.1. The van der Waals surface area contributed by atoms with E-state index in [1.54, 1.807) is 67.6 Å². The summed E-state index contributed by atoms with van der Waals surface area (Å²) < 4.78 is 32.4. The molecule has 2 aromatic rings. The van der Waals surface area contributed by atoms with Crippen molar-refractivity contribution in [2.45, 2.75) is 96.4 Å². The first kappa shape index (κ1) is 33.7. The molecule has 1 heterocycles. The fourth-order valence-corrected chi connectivity index (χ4v) is 10.7. The van der Waals surface area contributed by atoms with Crippen molar-refractivity contribution in [3.05, 3.63) is 71.8 Å². The van der Waals surface area contributed by atoms with Crippen LogP contribution in [0.3, 0.4) is 0 Å². The van der Waals surface area contributed by atoms with E-state index in [0.717, 1.165) is 0 Å². The average molecular weight is 675 g/mol. The van der Waals surface area contributed by atoms with E-state index in [-0.39, 0.29) is 36.7 Å². The van der Waals surface area contributed by atoms with E-state index in [2.05, 4.69) is 13.8 Å². The maximum Gasteiger partial charge on any atom is 0.338 e. The lowest BCUT2D eigenvalue weighted by atomic mass is 9.57. The second-order valence-corrected chi connectivity index (χ2v) is 15.7. The van der Waals surface area contributed by atoms with Crippen molar-refractivity contribution in [1.29, 1.82) is 0 Å². The third-order valence-corrected chi connectivity index (χ3v) is 12.7. The van der Waals surface area contributed by atoms with Gasteiger partial charge in [0.05, 0.1) is 29.1 Å². The third-order valence-electron chi connectivity index (χ3n) is 12.7. The topological polar surface area (TPSA) is 135 Å². The molecule has 0 radical (unpaired) electrons. The Kier molecular flexibility index (Phi) is 8.02. The van der Waals surface area contributed by atoms with Gasteiger partial charge in [0.1, 0.15) is 29.5 Å². The minimum atomic E-state index is -1.88. The summed E-state index contributed by atoms with van der Waals surface area (Å²) in [6, 6.07) is 17.1. The molecule has 49 heavy (non-hydrogen) atoms. The Balaban J connectivity index is 1.47. The monoisotopic (exact) mass is 674 g/mol. The van der Waals surface area contributed by atoms with Gasteiger partial charge in [0.15, 0.2) is 6.10 Å². The lowest BCUT2D eigenvalue weighted by Crippen LogP contribution is -2.63. The molecule has 10 nitrogen and oxygen atoms in total. The van der Waals surface area contributed by atoms with Gasteiger partial charge >= 0.3 is 23.9 Å². The van der Waals surface area contributed by atoms with Crippen LogP contribution in [-0.2, 0) is 33.3 Å². The molecule has 7 rings (SSSR count). The van der Waals surface area contributed by atoms with Crippen molar-refractivity contribution < 1.29 is 48.0 Å². The highest BCUT2D eigenvalue weighted by Crippen LogP contribution is 2.78. The number of benzene rings is 2. The third kappa shape index (κ3) is 4.95. The van der Waals surface area contributed by atoms with Gasteiger partial charge in [-0.25, -0.2) is 9.59 Å². The quantitative estimate of drug-likeness (QED) is 0.310. The van der Waals surface area contributed by atoms with Gasteiger partial charge in [0.2, 0.25) is 0 Å². The normalized spacial score (nSPS) is 40.8. The van der Waals surface area contributed by atoms with Crippen molar-refractivity contribution in [3.63, 3.8) is 0 Å². The van der Waals surface area contributed by atoms with Crippen molar-refractivity contribution in [3.8, 4) is 0 Å². The Morgan fingerprint density at radius 3 is 2.02 bits per heavy atom. The lowest BCUT2D eigenvalue weighted by molar-refractivity contribution is -0.225. The molecule has 1 aliphatic heterocycles. The van der Waals surface area contributed by atoms with Crippen LogP contribution in [0.1, 0.15) is 81.5 Å². The number of rotatable bonds is 7. The number of esters is 4. The van der Waals surface area contributed by atoms with Gasteiger partial charge < -0.3 is 28.8 Å². The van der Waals surface area contributed by atoms with Gasteiger partial charge in [0.25, 0.3) is 0 Å². The van der Waals surface area contributed by atoms with Gasteiger partial charge in [-0.2, -0.15) is 0 Å². The largest absolute Gasteiger partial charge is 0.462 e. The predicted octanol–water partition coefficient (Wildman–Crippen LogP) is 5.16. The maximum atomic E-state index is 14.2. The molecule has 1 saturated heterocycles. The molecule has 10 heteroatoms. The van der Waals surface area contributed by atoms with Crippen LogP contribution in [0, 0.1) is 40.4 Å². The van der Waals surface area contributed by atoms with Crippen LogP contribution in [0.4, 0.5) is 0 Å². The standard InChI is InChI=1S/C39H46O10/c1-7-27(41)47-30-21(2)19-39(44)29(30)32(48-33(42)23-14-10-8-11-15-23)38-20-45-37(6,35(39)49-34(43)24-16-12-9-13-17-24)31(38)28-25(36(28,4)5)18-26(38)46-22(3)40/h8-17,21,25-26,28-32,35,44H,7,18-20H2,1-6H3. The molecule has 5 fully saturated rings. The van der Waals surface area contributed by atoms with E-state index >= 15 is 0 Å². The summed E-state index contributed by atoms with van der Waals surface area (Å²) in [5, 5.41) is 13.3. The van der Waals surface area contributed by atoms with Crippen LogP contribution in [0.5, 0.6) is 0 Å². The second-order valence-electron chi connectivity index (χ2n) is 15.7. The summed E-state index contributed by atoms with van der Waals surface area (Å²) in [5.41, 5.74) is -3.96. The molecule has 0 aromatic heterocycles. The van der Waals surface area contributed by atoms with Gasteiger partial charge in [0, 0.05) is 19.3 Å². The number of fused-ring (bicyclic) bond motifs is 2. The van der Waals surface area contributed by atoms with E-state index in [1.807, 2.05) is 13.8 Å². The molecular weight excluding hydrogens is 628 g/mol. The summed E-state index contributed by atoms with van der Waals surface area (Å²) in [7, 11) is 0. The number of hydrogen-bond acceptors (Lipinski definition) is 10. The molecule has 4 saturated carbocycles.